The van der Waals surface area contributed by atoms with E-state index in [2.05, 4.69) is 10.6 Å². The van der Waals surface area contributed by atoms with E-state index in [1.165, 1.54) is 30.0 Å². The average molecular weight is 490 g/mol. The Morgan fingerprint density at radius 1 is 0.970 bits per heavy atom. The van der Waals surface area contributed by atoms with Crippen LogP contribution in [0.25, 0.3) is 0 Å². The van der Waals surface area contributed by atoms with Crippen molar-refractivity contribution in [3.8, 4) is 0 Å². The van der Waals surface area contributed by atoms with Crippen LogP contribution in [-0.4, -0.2) is 36.8 Å². The topological polar surface area (TPSA) is 78.5 Å². The molecule has 0 aliphatic heterocycles. The minimum absolute atomic E-state index is 0.0624. The molecular formula is C25H35N3O3S2. The van der Waals surface area contributed by atoms with Gasteiger partial charge >= 0.3 is 0 Å². The van der Waals surface area contributed by atoms with Gasteiger partial charge in [-0.15, -0.1) is 0 Å². The second-order valence-corrected chi connectivity index (χ2v) is 13.3. The van der Waals surface area contributed by atoms with Gasteiger partial charge in [0.15, 0.2) is 5.11 Å². The summed E-state index contributed by atoms with van der Waals surface area (Å²) in [6.45, 7) is 0. The summed E-state index contributed by atoms with van der Waals surface area (Å²) in [4.78, 5) is 13.5. The third kappa shape index (κ3) is 4.58. The van der Waals surface area contributed by atoms with Gasteiger partial charge in [-0.2, -0.15) is 4.31 Å². The molecule has 5 saturated carbocycles. The predicted molar refractivity (Wildman–Crippen MR) is 133 cm³/mol. The Kier molecular flexibility index (Phi) is 6.29. The molecule has 33 heavy (non-hydrogen) atoms. The van der Waals surface area contributed by atoms with Crippen molar-refractivity contribution in [2.45, 2.75) is 81.6 Å². The summed E-state index contributed by atoms with van der Waals surface area (Å²) in [5.41, 5.74) is 0.423. The lowest BCUT2D eigenvalue weighted by Gasteiger charge is -2.55. The smallest absolute Gasteiger partial charge is 0.243 e. The summed E-state index contributed by atoms with van der Waals surface area (Å²) in [5, 5.41) is 6.30. The summed E-state index contributed by atoms with van der Waals surface area (Å²) in [6, 6.07) is 6.73. The normalized spacial score (nSPS) is 31.5. The molecule has 0 saturated heterocycles. The Morgan fingerprint density at radius 3 is 2.06 bits per heavy atom. The van der Waals surface area contributed by atoms with Crippen LogP contribution in [0.3, 0.4) is 0 Å². The number of carbonyl (C=O) groups excluding carboxylic acids is 1. The van der Waals surface area contributed by atoms with Crippen LogP contribution >= 0.6 is 12.2 Å². The lowest BCUT2D eigenvalue weighted by molar-refractivity contribution is -0.144. The molecule has 1 aromatic carbocycles. The van der Waals surface area contributed by atoms with Crippen molar-refractivity contribution in [1.82, 2.24) is 9.62 Å². The van der Waals surface area contributed by atoms with Crippen LogP contribution < -0.4 is 10.6 Å². The molecule has 5 aliphatic carbocycles. The second-order valence-electron chi connectivity index (χ2n) is 10.9. The van der Waals surface area contributed by atoms with Gasteiger partial charge in [-0.05, 0) is 106 Å². The van der Waals surface area contributed by atoms with E-state index in [-0.39, 0.29) is 27.4 Å². The first-order valence-corrected chi connectivity index (χ1v) is 14.3. The third-order valence-electron chi connectivity index (χ3n) is 8.63. The van der Waals surface area contributed by atoms with Crippen LogP contribution in [0.1, 0.15) is 70.6 Å². The SMILES string of the molecule is CN(C1CCCCC1)S(=O)(=O)c1ccc(NC(=S)NC(=O)C23CC4CC(CC(C4)C2)C3)cc1. The third-order valence-corrected chi connectivity index (χ3v) is 10.8. The van der Waals surface area contributed by atoms with E-state index in [0.717, 1.165) is 44.9 Å². The summed E-state index contributed by atoms with van der Waals surface area (Å²) < 4.78 is 27.6. The van der Waals surface area contributed by atoms with Gasteiger partial charge in [0.05, 0.1) is 10.3 Å². The van der Waals surface area contributed by atoms with E-state index in [0.29, 0.717) is 23.4 Å². The lowest BCUT2D eigenvalue weighted by atomic mass is 9.49. The van der Waals surface area contributed by atoms with Crippen molar-refractivity contribution in [1.29, 1.82) is 0 Å². The molecule has 0 aromatic heterocycles. The maximum atomic E-state index is 13.2. The lowest BCUT2D eigenvalue weighted by Crippen LogP contribution is -2.55. The molecule has 8 heteroatoms. The molecular weight excluding hydrogens is 454 g/mol. The number of nitrogens with one attached hydrogen (secondary N) is 2. The minimum Gasteiger partial charge on any atom is -0.332 e. The molecule has 0 radical (unpaired) electrons. The maximum absolute atomic E-state index is 13.2. The monoisotopic (exact) mass is 489 g/mol. The fourth-order valence-electron chi connectivity index (χ4n) is 7.30. The molecule has 5 aliphatic rings. The van der Waals surface area contributed by atoms with Gasteiger partial charge in [0.25, 0.3) is 0 Å². The molecule has 0 heterocycles. The van der Waals surface area contributed by atoms with E-state index in [1.807, 2.05) is 0 Å². The quantitative estimate of drug-likeness (QED) is 0.588. The Labute approximate surface area is 202 Å². The number of anilines is 1. The number of nitrogens with zero attached hydrogens (tertiary/aromatic N) is 1. The van der Waals surface area contributed by atoms with Gasteiger partial charge in [-0.1, -0.05) is 19.3 Å². The highest BCUT2D eigenvalue weighted by Gasteiger charge is 2.54. The Morgan fingerprint density at radius 2 is 1.52 bits per heavy atom. The van der Waals surface area contributed by atoms with Crippen molar-refractivity contribution in [3.05, 3.63) is 24.3 Å². The fraction of sp³-hybridized carbons (Fsp3) is 0.680. The zero-order valence-electron chi connectivity index (χ0n) is 19.4. The van der Waals surface area contributed by atoms with Crippen LogP contribution in [0.5, 0.6) is 0 Å². The number of benzene rings is 1. The van der Waals surface area contributed by atoms with Crippen LogP contribution in [0, 0.1) is 23.2 Å². The largest absolute Gasteiger partial charge is 0.332 e. The molecule has 0 unspecified atom stereocenters. The zero-order valence-corrected chi connectivity index (χ0v) is 21.0. The first-order valence-electron chi connectivity index (χ1n) is 12.5. The molecule has 2 N–H and O–H groups in total. The maximum Gasteiger partial charge on any atom is 0.243 e. The number of sulfonamides is 1. The predicted octanol–water partition coefficient (Wildman–Crippen LogP) is 4.67. The summed E-state index contributed by atoms with van der Waals surface area (Å²) in [7, 11) is -1.84. The van der Waals surface area contributed by atoms with Gasteiger partial charge < -0.3 is 10.6 Å². The van der Waals surface area contributed by atoms with Gasteiger partial charge in [-0.3, -0.25) is 4.79 Å². The highest BCUT2D eigenvalue weighted by molar-refractivity contribution is 7.89. The van der Waals surface area contributed by atoms with Crippen LogP contribution in [-0.2, 0) is 14.8 Å². The highest BCUT2D eigenvalue weighted by atomic mass is 32.2. The summed E-state index contributed by atoms with van der Waals surface area (Å²) in [5.74, 6) is 2.16. The number of hydrogen-bond acceptors (Lipinski definition) is 4. The van der Waals surface area contributed by atoms with Crippen molar-refractivity contribution in [2.75, 3.05) is 12.4 Å². The van der Waals surface area contributed by atoms with Crippen molar-refractivity contribution >= 4 is 38.9 Å². The van der Waals surface area contributed by atoms with Crippen molar-refractivity contribution < 1.29 is 13.2 Å². The van der Waals surface area contributed by atoms with E-state index < -0.39 is 10.0 Å². The second kappa shape index (κ2) is 8.93. The molecule has 5 fully saturated rings. The number of hydrogen-bond donors (Lipinski definition) is 2. The Hall–Kier alpha value is -1.51. The zero-order chi connectivity index (χ0) is 23.2. The van der Waals surface area contributed by atoms with E-state index in [9.17, 15) is 13.2 Å². The van der Waals surface area contributed by atoms with E-state index >= 15 is 0 Å². The molecule has 0 spiro atoms. The van der Waals surface area contributed by atoms with E-state index in [4.69, 9.17) is 12.2 Å². The molecule has 4 bridgehead atoms. The van der Waals surface area contributed by atoms with Crippen molar-refractivity contribution in [3.63, 3.8) is 0 Å². The highest BCUT2D eigenvalue weighted by Crippen LogP contribution is 2.60. The van der Waals surface area contributed by atoms with Gasteiger partial charge in [-0.25, -0.2) is 8.42 Å². The van der Waals surface area contributed by atoms with Gasteiger partial charge in [0.1, 0.15) is 0 Å². The van der Waals surface area contributed by atoms with Gasteiger partial charge in [0.2, 0.25) is 15.9 Å². The number of thiocarbonyl (C=S) groups is 1. The molecule has 180 valence electrons. The molecule has 6 nitrogen and oxygen atoms in total. The number of carbonyl (C=O) groups is 1. The molecule has 1 amide bonds. The minimum atomic E-state index is -3.53. The Bertz CT molecular complexity index is 981. The first-order chi connectivity index (χ1) is 15.7. The van der Waals surface area contributed by atoms with E-state index in [1.54, 1.807) is 31.3 Å². The summed E-state index contributed by atoms with van der Waals surface area (Å²) in [6.07, 6.45) is 12.1. The standard InChI is InChI=1S/C25H35N3O3S2/c1-28(21-5-3-2-4-6-21)33(30,31)22-9-7-20(8-10-22)26-24(32)27-23(29)25-14-17-11-18(15-25)13-19(12-17)16-25/h7-10,17-19,21H,2-6,11-16H2,1H3,(H2,26,27,29,32). The van der Waals surface area contributed by atoms with Crippen LogP contribution in [0.15, 0.2) is 29.2 Å². The summed E-state index contributed by atoms with van der Waals surface area (Å²) >= 11 is 5.43. The van der Waals surface area contributed by atoms with Crippen LogP contribution in [0.2, 0.25) is 0 Å². The number of rotatable bonds is 5. The molecule has 0 atom stereocenters. The van der Waals surface area contributed by atoms with Crippen LogP contribution in [0.4, 0.5) is 5.69 Å². The number of amides is 1. The first kappa shape index (κ1) is 23.2. The fourth-order valence-corrected chi connectivity index (χ4v) is 8.93. The molecule has 1 aromatic rings. The van der Waals surface area contributed by atoms with Gasteiger partial charge in [0, 0.05) is 18.8 Å². The molecule has 6 rings (SSSR count). The Balaban J connectivity index is 1.20. The van der Waals surface area contributed by atoms with Crippen molar-refractivity contribution in [2.24, 2.45) is 23.2 Å². The average Bonchev–Trinajstić information content (AvgIpc) is 2.78.